The van der Waals surface area contributed by atoms with Crippen molar-refractivity contribution in [2.75, 3.05) is 17.3 Å². The molecular weight excluding hydrogens is 517 g/mol. The molecule has 0 bridgehead atoms. The minimum absolute atomic E-state index is 0.0675. The van der Waals surface area contributed by atoms with Crippen LogP contribution in [-0.2, 0) is 15.0 Å². The van der Waals surface area contributed by atoms with Crippen molar-refractivity contribution in [2.45, 2.75) is 57.2 Å². The molecule has 0 aromatic heterocycles. The molecule has 0 spiro atoms. The summed E-state index contributed by atoms with van der Waals surface area (Å²) in [5.74, 6) is -1.82. The number of alkyl halides is 3. The van der Waals surface area contributed by atoms with Crippen LogP contribution < -0.4 is 15.0 Å². The third-order valence-electron chi connectivity index (χ3n) is 7.63. The molecule has 0 unspecified atom stereocenters. The lowest BCUT2D eigenvalue weighted by molar-refractivity contribution is -0.170. The highest BCUT2D eigenvalue weighted by Crippen LogP contribution is 2.48. The molecule has 0 radical (unpaired) electrons. The number of hydrogen-bond acceptors (Lipinski definition) is 4. The van der Waals surface area contributed by atoms with E-state index in [1.807, 2.05) is 57.2 Å². The van der Waals surface area contributed by atoms with E-state index in [0.717, 1.165) is 16.0 Å². The minimum atomic E-state index is -5.15. The van der Waals surface area contributed by atoms with Gasteiger partial charge in [-0.3, -0.25) is 14.5 Å². The monoisotopic (exact) mass is 548 g/mol. The van der Waals surface area contributed by atoms with Gasteiger partial charge in [-0.05, 0) is 58.7 Å². The summed E-state index contributed by atoms with van der Waals surface area (Å²) >= 11 is 0. The quantitative estimate of drug-likeness (QED) is 0.369. The van der Waals surface area contributed by atoms with Gasteiger partial charge in [0.05, 0.1) is 24.5 Å². The third kappa shape index (κ3) is 5.10. The predicted molar refractivity (Wildman–Crippen MR) is 148 cm³/mol. The second-order valence-electron chi connectivity index (χ2n) is 11.3. The van der Waals surface area contributed by atoms with Gasteiger partial charge < -0.3 is 10.1 Å². The molecule has 0 saturated heterocycles. The Kier molecular flexibility index (Phi) is 6.98. The van der Waals surface area contributed by atoms with Crippen molar-refractivity contribution in [2.24, 2.45) is 0 Å². The first-order chi connectivity index (χ1) is 18.9. The van der Waals surface area contributed by atoms with Crippen LogP contribution in [-0.4, -0.2) is 25.0 Å². The molecule has 1 amide bonds. The van der Waals surface area contributed by atoms with E-state index in [0.29, 0.717) is 29.1 Å². The van der Waals surface area contributed by atoms with Gasteiger partial charge in [-0.15, -0.1) is 0 Å². The predicted octanol–water partition coefficient (Wildman–Crippen LogP) is 7.46. The Hall–Kier alpha value is -4.07. The van der Waals surface area contributed by atoms with E-state index < -0.39 is 18.1 Å². The third-order valence-corrected chi connectivity index (χ3v) is 7.63. The number of carbonyl (C=O) groups excluding carboxylic acids is 2. The molecule has 0 fully saturated rings. The minimum Gasteiger partial charge on any atom is -0.497 e. The molecule has 5 nitrogen and oxygen atoms in total. The van der Waals surface area contributed by atoms with E-state index >= 15 is 0 Å². The molecule has 40 heavy (non-hydrogen) atoms. The van der Waals surface area contributed by atoms with Crippen LogP contribution in [0.25, 0.3) is 0 Å². The Balaban J connectivity index is 1.70. The zero-order valence-corrected chi connectivity index (χ0v) is 22.8. The number of halogens is 3. The molecular formula is C32H31F3N2O3. The van der Waals surface area contributed by atoms with Gasteiger partial charge in [0, 0.05) is 17.7 Å². The number of hydrogen-bond donors (Lipinski definition) is 1. The van der Waals surface area contributed by atoms with E-state index in [4.69, 9.17) is 4.74 Å². The summed E-state index contributed by atoms with van der Waals surface area (Å²) in [6.45, 7) is 6.12. The molecule has 8 heteroatoms. The Morgan fingerprint density at radius 3 is 2.12 bits per heavy atom. The molecule has 2 atom stereocenters. The Bertz CT molecular complexity index is 1470. The maximum absolute atomic E-state index is 14.1. The fraction of sp³-hybridized carbons (Fsp3) is 0.312. The fourth-order valence-electron chi connectivity index (χ4n) is 5.54. The van der Waals surface area contributed by atoms with E-state index in [-0.39, 0.29) is 34.8 Å². The molecule has 5 rings (SSSR count). The number of rotatable bonds is 3. The van der Waals surface area contributed by atoms with Crippen molar-refractivity contribution < 1.29 is 27.5 Å². The Morgan fingerprint density at radius 1 is 0.900 bits per heavy atom. The highest BCUT2D eigenvalue weighted by atomic mass is 19.4. The Labute approximate surface area is 231 Å². The smallest absolute Gasteiger partial charge is 0.471 e. The lowest BCUT2D eigenvalue weighted by Crippen LogP contribution is -2.45. The number of fused-ring (bicyclic) bond motifs is 1. The number of anilines is 2. The number of amides is 1. The van der Waals surface area contributed by atoms with E-state index in [2.05, 4.69) is 5.32 Å². The number of benzene rings is 3. The van der Waals surface area contributed by atoms with Gasteiger partial charge in [0.2, 0.25) is 0 Å². The van der Waals surface area contributed by atoms with Crippen molar-refractivity contribution in [3.63, 3.8) is 0 Å². The number of nitrogens with one attached hydrogen (secondary N) is 1. The largest absolute Gasteiger partial charge is 0.497 e. The molecule has 3 aromatic carbocycles. The number of allylic oxidation sites excluding steroid dienone is 1. The van der Waals surface area contributed by atoms with Gasteiger partial charge in [0.25, 0.3) is 0 Å². The summed E-state index contributed by atoms with van der Waals surface area (Å²) in [7, 11) is 1.57. The molecule has 1 aliphatic carbocycles. The maximum Gasteiger partial charge on any atom is 0.471 e. The van der Waals surface area contributed by atoms with Crippen LogP contribution in [0, 0.1) is 0 Å². The van der Waals surface area contributed by atoms with Gasteiger partial charge in [-0.1, -0.05) is 69.3 Å². The summed E-state index contributed by atoms with van der Waals surface area (Å²) in [5, 5.41) is 3.26. The average molecular weight is 549 g/mol. The summed E-state index contributed by atoms with van der Waals surface area (Å²) in [5.41, 5.74) is 3.27. The van der Waals surface area contributed by atoms with Gasteiger partial charge in [0.15, 0.2) is 5.78 Å². The summed E-state index contributed by atoms with van der Waals surface area (Å²) < 4.78 is 47.6. The highest BCUT2D eigenvalue weighted by Gasteiger charge is 2.50. The van der Waals surface area contributed by atoms with E-state index in [1.165, 1.54) is 6.07 Å². The van der Waals surface area contributed by atoms with Gasteiger partial charge in [-0.2, -0.15) is 13.2 Å². The van der Waals surface area contributed by atoms with Crippen molar-refractivity contribution in [3.8, 4) is 5.75 Å². The number of carbonyl (C=O) groups is 2. The number of para-hydroxylation sites is 2. The van der Waals surface area contributed by atoms with Gasteiger partial charge in [-0.25, -0.2) is 0 Å². The second-order valence-corrected chi connectivity index (χ2v) is 11.3. The first kappa shape index (κ1) is 27.5. The molecule has 3 aromatic rings. The lowest BCUT2D eigenvalue weighted by atomic mass is 9.77. The number of Topliss-reactive ketones (excluding diaryl/α,β-unsaturated/α-hetero) is 1. The van der Waals surface area contributed by atoms with E-state index in [1.54, 1.807) is 37.4 Å². The SMILES string of the molecule is COc1ccc([C@H]2CC(=O)C3=C(C2)Nc2ccccc2N(C(=O)C(F)(F)F)[C@@H]3c2ccc(C(C)(C)C)cc2)cc1. The van der Waals surface area contributed by atoms with Crippen molar-refractivity contribution in [3.05, 3.63) is 101 Å². The molecule has 1 heterocycles. The molecule has 0 saturated carbocycles. The molecule has 208 valence electrons. The Morgan fingerprint density at radius 2 is 1.52 bits per heavy atom. The highest BCUT2D eigenvalue weighted by molar-refractivity contribution is 6.07. The van der Waals surface area contributed by atoms with Crippen LogP contribution in [0.5, 0.6) is 5.75 Å². The van der Waals surface area contributed by atoms with Crippen LogP contribution in [0.2, 0.25) is 0 Å². The van der Waals surface area contributed by atoms with Crippen LogP contribution >= 0.6 is 0 Å². The van der Waals surface area contributed by atoms with Crippen molar-refractivity contribution in [1.29, 1.82) is 0 Å². The number of methoxy groups -OCH3 is 1. The van der Waals surface area contributed by atoms with Gasteiger partial charge >= 0.3 is 12.1 Å². The summed E-state index contributed by atoms with van der Waals surface area (Å²) in [6, 6.07) is 19.7. The number of nitrogens with zero attached hydrogens (tertiary/aromatic N) is 1. The van der Waals surface area contributed by atoms with Crippen LogP contribution in [0.15, 0.2) is 84.1 Å². The zero-order chi connectivity index (χ0) is 28.8. The topological polar surface area (TPSA) is 58.6 Å². The molecule has 1 N–H and O–H groups in total. The molecule has 2 aliphatic rings. The summed E-state index contributed by atoms with van der Waals surface area (Å²) in [4.78, 5) is 27.8. The van der Waals surface area contributed by atoms with Crippen molar-refractivity contribution in [1.82, 2.24) is 0 Å². The second kappa shape index (κ2) is 10.2. The fourth-order valence-corrected chi connectivity index (χ4v) is 5.54. The lowest BCUT2D eigenvalue weighted by Gasteiger charge is -2.35. The average Bonchev–Trinajstić information content (AvgIpc) is 3.06. The van der Waals surface area contributed by atoms with Crippen molar-refractivity contribution >= 4 is 23.1 Å². The van der Waals surface area contributed by atoms with E-state index in [9.17, 15) is 22.8 Å². The van der Waals surface area contributed by atoms with Gasteiger partial charge in [0.1, 0.15) is 5.75 Å². The maximum atomic E-state index is 14.1. The first-order valence-corrected chi connectivity index (χ1v) is 13.2. The van der Waals surface area contributed by atoms with Crippen LogP contribution in [0.1, 0.15) is 62.3 Å². The number of ether oxygens (including phenoxy) is 1. The van der Waals surface area contributed by atoms with Crippen LogP contribution in [0.4, 0.5) is 24.5 Å². The normalized spacial score (nSPS) is 19.4. The first-order valence-electron chi connectivity index (χ1n) is 13.2. The number of ketones is 1. The summed E-state index contributed by atoms with van der Waals surface area (Å²) in [6.07, 6.45) is -4.65. The standard InChI is InChI=1S/C32H31F3N2O3/c1-31(2,3)22-13-9-20(10-14-22)29-28-25(17-21(18-27(28)38)19-11-15-23(40-4)16-12-19)36-24-7-5-6-8-26(24)37(29)30(39)32(33,34)35/h5-16,21,29,36H,17-18H2,1-4H3/t21-,29-/m1/s1. The van der Waals surface area contributed by atoms with Crippen LogP contribution in [0.3, 0.4) is 0 Å². The molecule has 1 aliphatic heterocycles. The zero-order valence-electron chi connectivity index (χ0n) is 22.8.